The fraction of sp³-hybridized carbons (Fsp3) is 0. The second-order valence-electron chi connectivity index (χ2n) is 1.74. The second kappa shape index (κ2) is 0.661. The summed E-state index contributed by atoms with van der Waals surface area (Å²) in [5.74, 6) is 0. The maximum atomic E-state index is 3.76. The summed E-state index contributed by atoms with van der Waals surface area (Å²) < 4.78 is 0. The highest BCUT2D eigenvalue weighted by atomic mass is 14.3. The Bertz CT molecular complexity index is 233. The van der Waals surface area contributed by atoms with Gasteiger partial charge in [-0.3, -0.25) is 0 Å². The minimum atomic E-state index is 1.18. The summed E-state index contributed by atoms with van der Waals surface area (Å²) in [7, 11) is 0. The van der Waals surface area contributed by atoms with Gasteiger partial charge in [0.25, 0.3) is 0 Å². The van der Waals surface area contributed by atoms with Gasteiger partial charge in [-0.05, 0) is 23.3 Å². The lowest BCUT2D eigenvalue weighted by Gasteiger charge is -1.57. The molecule has 1 fully saturated rings. The molecule has 1 saturated carbocycles. The maximum Gasteiger partial charge on any atom is 0.0316 e. The van der Waals surface area contributed by atoms with E-state index < -0.39 is 0 Å². The number of hydrogen-bond acceptors (Lipinski definition) is 0. The Morgan fingerprint density at radius 2 is 2.43 bits per heavy atom. The SMILES string of the molecule is C=C1C2=C=CC=C12. The first-order valence-corrected chi connectivity index (χ1v) is 2.26. The molecule has 0 aromatic rings. The average molecular weight is 88.1 g/mol. The highest BCUT2D eigenvalue weighted by Gasteiger charge is 2.28. The van der Waals surface area contributed by atoms with Crippen LogP contribution in [-0.2, 0) is 0 Å². The molecule has 0 aliphatic heterocycles. The molecule has 32 valence electrons. The van der Waals surface area contributed by atoms with Gasteiger partial charge in [-0.15, -0.1) is 5.73 Å². The van der Waals surface area contributed by atoms with Gasteiger partial charge in [-0.1, -0.05) is 6.58 Å². The molecule has 0 heterocycles. The lowest BCUT2D eigenvalue weighted by molar-refractivity contribution is 1.97. The molecule has 0 saturated heterocycles. The number of fused-ring (bicyclic) bond motifs is 1. The van der Waals surface area contributed by atoms with Crippen LogP contribution in [0.1, 0.15) is 0 Å². The van der Waals surface area contributed by atoms with E-state index >= 15 is 0 Å². The maximum absolute atomic E-state index is 3.76. The van der Waals surface area contributed by atoms with Crippen molar-refractivity contribution in [3.8, 4) is 0 Å². The normalized spacial score (nSPS) is 21.4. The van der Waals surface area contributed by atoms with E-state index in [9.17, 15) is 0 Å². The van der Waals surface area contributed by atoms with Crippen LogP contribution in [0.2, 0.25) is 0 Å². The van der Waals surface area contributed by atoms with Crippen LogP contribution in [0, 0.1) is 0 Å². The smallest absolute Gasteiger partial charge is 0.0316 e. The standard InChI is InChI=1S/C7H4/c1-5-6-3-2-4-7(5)6/h2-3H,1H2. The third-order valence-electron chi connectivity index (χ3n) is 1.31. The van der Waals surface area contributed by atoms with Gasteiger partial charge in [0.15, 0.2) is 0 Å². The molecule has 0 heteroatoms. The van der Waals surface area contributed by atoms with Crippen molar-refractivity contribution in [2.75, 3.05) is 0 Å². The van der Waals surface area contributed by atoms with Gasteiger partial charge in [0.2, 0.25) is 0 Å². The number of allylic oxidation sites excluding steroid dienone is 4. The van der Waals surface area contributed by atoms with Gasteiger partial charge in [-0.2, -0.15) is 0 Å². The van der Waals surface area contributed by atoms with E-state index in [1.807, 2.05) is 12.2 Å². The Kier molecular flexibility index (Phi) is 0.289. The van der Waals surface area contributed by atoms with Gasteiger partial charge in [0, 0.05) is 5.57 Å². The highest BCUT2D eigenvalue weighted by Crippen LogP contribution is 2.44. The van der Waals surface area contributed by atoms with Crippen LogP contribution in [-0.4, -0.2) is 0 Å². The topological polar surface area (TPSA) is 0 Å². The Balaban J connectivity index is 2.85. The van der Waals surface area contributed by atoms with Crippen molar-refractivity contribution in [1.82, 2.24) is 0 Å². The van der Waals surface area contributed by atoms with Crippen LogP contribution in [0.15, 0.2) is 41.2 Å². The predicted molar refractivity (Wildman–Crippen MR) is 28.8 cm³/mol. The van der Waals surface area contributed by atoms with E-state index in [0.29, 0.717) is 0 Å². The van der Waals surface area contributed by atoms with Crippen LogP contribution < -0.4 is 0 Å². The van der Waals surface area contributed by atoms with Gasteiger partial charge in [0.1, 0.15) is 0 Å². The van der Waals surface area contributed by atoms with Crippen molar-refractivity contribution in [2.24, 2.45) is 0 Å². The van der Waals surface area contributed by atoms with Crippen LogP contribution >= 0.6 is 0 Å². The summed E-state index contributed by atoms with van der Waals surface area (Å²) in [5.41, 5.74) is 6.77. The monoisotopic (exact) mass is 88.0 g/mol. The Labute approximate surface area is 42.2 Å². The summed E-state index contributed by atoms with van der Waals surface area (Å²) in [5, 5.41) is 0. The molecule has 0 unspecified atom stereocenters. The van der Waals surface area contributed by atoms with Crippen LogP contribution in [0.3, 0.4) is 0 Å². The summed E-state index contributed by atoms with van der Waals surface area (Å²) in [6.45, 7) is 3.76. The van der Waals surface area contributed by atoms with Crippen LogP contribution in [0.4, 0.5) is 0 Å². The first-order valence-electron chi connectivity index (χ1n) is 2.26. The van der Waals surface area contributed by atoms with Gasteiger partial charge in [-0.25, -0.2) is 0 Å². The van der Waals surface area contributed by atoms with E-state index in [-0.39, 0.29) is 0 Å². The number of hydrogen-bond donors (Lipinski definition) is 0. The Morgan fingerprint density at radius 1 is 1.57 bits per heavy atom. The minimum absolute atomic E-state index is 1.18. The van der Waals surface area contributed by atoms with E-state index in [1.54, 1.807) is 0 Å². The molecule has 7 heavy (non-hydrogen) atoms. The van der Waals surface area contributed by atoms with Crippen molar-refractivity contribution in [1.29, 1.82) is 0 Å². The summed E-state index contributed by atoms with van der Waals surface area (Å²) in [6, 6.07) is 0. The molecule has 2 aliphatic rings. The van der Waals surface area contributed by atoms with Crippen molar-refractivity contribution in [3.63, 3.8) is 0 Å². The lowest BCUT2D eigenvalue weighted by Crippen LogP contribution is -1.39. The number of rotatable bonds is 0. The third-order valence-corrected chi connectivity index (χ3v) is 1.31. The first kappa shape index (κ1) is 3.06. The molecule has 0 nitrogen and oxygen atoms in total. The fourth-order valence-electron chi connectivity index (χ4n) is 0.800. The molecule has 0 radical (unpaired) electrons. The highest BCUT2D eigenvalue weighted by molar-refractivity contribution is 5.79. The van der Waals surface area contributed by atoms with Crippen molar-refractivity contribution in [2.45, 2.75) is 0 Å². The molecule has 0 spiro atoms. The molecule has 0 bridgehead atoms. The van der Waals surface area contributed by atoms with E-state index in [1.165, 1.54) is 16.7 Å². The van der Waals surface area contributed by atoms with Crippen molar-refractivity contribution < 1.29 is 0 Å². The zero-order valence-corrected chi connectivity index (χ0v) is 3.86. The van der Waals surface area contributed by atoms with Crippen molar-refractivity contribution in [3.05, 3.63) is 41.2 Å². The molecule has 0 aromatic heterocycles. The average Bonchev–Trinajstić information content (AvgIpc) is 2.26. The fourth-order valence-corrected chi connectivity index (χ4v) is 0.800. The van der Waals surface area contributed by atoms with Crippen LogP contribution in [0.25, 0.3) is 0 Å². The third kappa shape index (κ3) is 0.200. The Hall–Kier alpha value is -1.00. The predicted octanol–water partition coefficient (Wildman–Crippen LogP) is 1.58. The summed E-state index contributed by atoms with van der Waals surface area (Å²) in [6.07, 6.45) is 3.97. The van der Waals surface area contributed by atoms with Crippen molar-refractivity contribution >= 4 is 0 Å². The quantitative estimate of drug-likeness (QED) is 0.394. The minimum Gasteiger partial charge on any atom is -0.112 e. The second-order valence-corrected chi connectivity index (χ2v) is 1.74. The van der Waals surface area contributed by atoms with E-state index in [2.05, 4.69) is 12.3 Å². The zero-order valence-electron chi connectivity index (χ0n) is 3.86. The van der Waals surface area contributed by atoms with Gasteiger partial charge in [0.05, 0.1) is 0 Å². The molecule has 0 atom stereocenters. The molecule has 0 N–H and O–H groups in total. The molecular weight excluding hydrogens is 84.1 g/mol. The molecule has 0 aromatic carbocycles. The zero-order chi connectivity index (χ0) is 4.85. The summed E-state index contributed by atoms with van der Waals surface area (Å²) in [4.78, 5) is 0. The lowest BCUT2D eigenvalue weighted by atomic mass is 10.5. The van der Waals surface area contributed by atoms with E-state index in [4.69, 9.17) is 0 Å². The van der Waals surface area contributed by atoms with E-state index in [0.717, 1.165) is 0 Å². The largest absolute Gasteiger partial charge is 0.112 e. The summed E-state index contributed by atoms with van der Waals surface area (Å²) >= 11 is 0. The molecule has 2 rings (SSSR count). The molecule has 2 aliphatic carbocycles. The van der Waals surface area contributed by atoms with Gasteiger partial charge < -0.3 is 0 Å². The molecular formula is C7H4. The van der Waals surface area contributed by atoms with Gasteiger partial charge >= 0.3 is 0 Å². The molecule has 0 amide bonds. The van der Waals surface area contributed by atoms with Crippen LogP contribution in [0.5, 0.6) is 0 Å². The Morgan fingerprint density at radius 3 is 2.71 bits per heavy atom. The first-order chi connectivity index (χ1) is 3.39.